The van der Waals surface area contributed by atoms with Crippen LogP contribution in [0.1, 0.15) is 10.5 Å². The van der Waals surface area contributed by atoms with E-state index in [1.807, 2.05) is 0 Å². The maximum Gasteiger partial charge on any atom is 0.412 e. The molecule has 6 nitrogen and oxygen atoms in total. The van der Waals surface area contributed by atoms with Crippen LogP contribution >= 0.6 is 11.6 Å². The largest absolute Gasteiger partial charge is 0.412 e. The number of hydrogen-bond donors (Lipinski definition) is 1. The summed E-state index contributed by atoms with van der Waals surface area (Å²) in [7, 11) is 0. The Morgan fingerprint density at radius 2 is 2.23 bits per heavy atom. The first kappa shape index (κ1) is 9.40. The predicted octanol–water partition coefficient (Wildman–Crippen LogP) is 0.366. The summed E-state index contributed by atoms with van der Waals surface area (Å²) in [5, 5.41) is -0.112. The zero-order chi connectivity index (χ0) is 9.84. The van der Waals surface area contributed by atoms with E-state index in [0.717, 1.165) is 0 Å². The monoisotopic (exact) mass is 201 g/mol. The van der Waals surface area contributed by atoms with Crippen LogP contribution in [0.5, 0.6) is 0 Å². The molecule has 0 radical (unpaired) electrons. The number of carbonyl (C=O) groups is 2. The minimum Gasteiger partial charge on any atom is -0.372 e. The smallest absolute Gasteiger partial charge is 0.372 e. The van der Waals surface area contributed by atoms with Crippen LogP contribution in [0.25, 0.3) is 0 Å². The second-order valence-corrected chi connectivity index (χ2v) is 2.26. The van der Waals surface area contributed by atoms with Gasteiger partial charge in [0.1, 0.15) is 0 Å². The van der Waals surface area contributed by atoms with E-state index in [0.29, 0.717) is 0 Å². The van der Waals surface area contributed by atoms with Gasteiger partial charge in [0.25, 0.3) is 0 Å². The molecule has 0 saturated carbocycles. The van der Waals surface area contributed by atoms with Crippen molar-refractivity contribution in [1.82, 2.24) is 9.97 Å². The second kappa shape index (κ2) is 3.81. The van der Waals surface area contributed by atoms with Gasteiger partial charge >= 0.3 is 12.1 Å². The molecule has 2 N–H and O–H groups in total. The molecule has 1 heterocycles. The summed E-state index contributed by atoms with van der Waals surface area (Å²) in [6.45, 7) is 0. The molecule has 1 amide bonds. The highest BCUT2D eigenvalue weighted by molar-refractivity contribution is 6.28. The molecule has 1 rings (SSSR count). The van der Waals surface area contributed by atoms with Gasteiger partial charge in [-0.25, -0.2) is 19.6 Å². The Bertz CT molecular complexity index is 355. The second-order valence-electron chi connectivity index (χ2n) is 1.92. The molecule has 0 unspecified atom stereocenters. The third-order valence-corrected chi connectivity index (χ3v) is 1.21. The number of amides is 1. The van der Waals surface area contributed by atoms with Gasteiger partial charge in [-0.2, -0.15) is 0 Å². The van der Waals surface area contributed by atoms with Crippen molar-refractivity contribution in [2.45, 2.75) is 0 Å². The lowest BCUT2D eigenvalue weighted by atomic mass is 10.4. The van der Waals surface area contributed by atoms with Gasteiger partial charge in [0.05, 0.1) is 0 Å². The van der Waals surface area contributed by atoms with Crippen molar-refractivity contribution in [2.24, 2.45) is 5.73 Å². The van der Waals surface area contributed by atoms with Crippen LogP contribution in [0, 0.1) is 0 Å². The van der Waals surface area contributed by atoms with Crippen molar-refractivity contribution in [3.8, 4) is 0 Å². The van der Waals surface area contributed by atoms with Gasteiger partial charge in [0.2, 0.25) is 5.28 Å². The molecule has 1 aromatic rings. The van der Waals surface area contributed by atoms with Gasteiger partial charge in [-0.05, 0) is 17.7 Å². The minimum absolute atomic E-state index is 0.112. The van der Waals surface area contributed by atoms with Crippen molar-refractivity contribution in [3.05, 3.63) is 23.2 Å². The molecule has 0 bridgehead atoms. The van der Waals surface area contributed by atoms with Crippen molar-refractivity contribution in [3.63, 3.8) is 0 Å². The van der Waals surface area contributed by atoms with E-state index in [-0.39, 0.29) is 11.0 Å². The summed E-state index contributed by atoms with van der Waals surface area (Å²) in [4.78, 5) is 28.1. The van der Waals surface area contributed by atoms with Gasteiger partial charge < -0.3 is 10.5 Å². The molecule has 0 aromatic carbocycles. The fourth-order valence-electron chi connectivity index (χ4n) is 0.592. The molecular weight excluding hydrogens is 198 g/mol. The number of esters is 1. The molecule has 1 aromatic heterocycles. The first-order chi connectivity index (χ1) is 6.09. The summed E-state index contributed by atoms with van der Waals surface area (Å²) in [6.07, 6.45) is 0.0622. The number of halogens is 1. The Balaban J connectivity index is 2.83. The molecule has 0 spiro atoms. The maximum absolute atomic E-state index is 10.9. The Kier molecular flexibility index (Phi) is 2.76. The number of ether oxygens (including phenoxy) is 1. The number of carbonyl (C=O) groups excluding carboxylic acids is 2. The van der Waals surface area contributed by atoms with E-state index < -0.39 is 12.1 Å². The van der Waals surface area contributed by atoms with Crippen LogP contribution in [0.4, 0.5) is 4.79 Å². The van der Waals surface area contributed by atoms with Crippen molar-refractivity contribution < 1.29 is 14.3 Å². The molecule has 0 atom stereocenters. The van der Waals surface area contributed by atoms with Gasteiger partial charge in [0.15, 0.2) is 5.69 Å². The van der Waals surface area contributed by atoms with Crippen LogP contribution in [-0.4, -0.2) is 22.0 Å². The standard InChI is InChI=1S/C6H4ClN3O3/c7-5-9-2-1-3(10-5)4(11)13-6(8)12/h1-2H,(H2,8,12). The van der Waals surface area contributed by atoms with Crippen LogP contribution in [0.3, 0.4) is 0 Å². The fraction of sp³-hybridized carbons (Fsp3) is 0. The number of primary amides is 1. The van der Waals surface area contributed by atoms with Crippen molar-refractivity contribution in [1.29, 1.82) is 0 Å². The number of aromatic nitrogens is 2. The lowest BCUT2D eigenvalue weighted by molar-refractivity contribution is 0.0632. The number of nitrogens with zero attached hydrogens (tertiary/aromatic N) is 2. The lowest BCUT2D eigenvalue weighted by Gasteiger charge is -1.97. The molecule has 0 aliphatic rings. The lowest BCUT2D eigenvalue weighted by Crippen LogP contribution is -2.19. The number of hydrogen-bond acceptors (Lipinski definition) is 5. The third-order valence-electron chi connectivity index (χ3n) is 1.03. The summed E-state index contributed by atoms with van der Waals surface area (Å²) in [5.41, 5.74) is 4.48. The summed E-state index contributed by atoms with van der Waals surface area (Å²) >= 11 is 5.38. The molecular formula is C6H4ClN3O3. The average Bonchev–Trinajstić information content (AvgIpc) is 2.03. The van der Waals surface area contributed by atoms with E-state index in [2.05, 4.69) is 20.4 Å². The summed E-state index contributed by atoms with van der Waals surface area (Å²) < 4.78 is 4.04. The van der Waals surface area contributed by atoms with E-state index >= 15 is 0 Å². The quantitative estimate of drug-likeness (QED) is 0.402. The van der Waals surface area contributed by atoms with Crippen LogP contribution < -0.4 is 5.73 Å². The maximum atomic E-state index is 10.9. The number of rotatable bonds is 1. The van der Waals surface area contributed by atoms with Crippen LogP contribution in [0.2, 0.25) is 5.28 Å². The molecule has 0 saturated heterocycles. The summed E-state index contributed by atoms with van der Waals surface area (Å²) in [5.74, 6) is -0.961. The highest BCUT2D eigenvalue weighted by Gasteiger charge is 2.11. The summed E-state index contributed by atoms with van der Waals surface area (Å²) in [6, 6.07) is 1.25. The first-order valence-electron chi connectivity index (χ1n) is 3.10. The first-order valence-corrected chi connectivity index (χ1v) is 3.47. The molecule has 0 aliphatic heterocycles. The fourth-order valence-corrected chi connectivity index (χ4v) is 0.740. The zero-order valence-electron chi connectivity index (χ0n) is 6.23. The Hall–Kier alpha value is -1.69. The average molecular weight is 202 g/mol. The van der Waals surface area contributed by atoms with Gasteiger partial charge in [-0.1, -0.05) is 0 Å². The van der Waals surface area contributed by atoms with Crippen LogP contribution in [-0.2, 0) is 4.74 Å². The van der Waals surface area contributed by atoms with Crippen molar-refractivity contribution in [2.75, 3.05) is 0 Å². The van der Waals surface area contributed by atoms with Gasteiger partial charge in [-0.3, -0.25) is 0 Å². The Morgan fingerprint density at radius 3 is 2.77 bits per heavy atom. The molecule has 7 heteroatoms. The molecule has 0 aliphatic carbocycles. The third kappa shape index (κ3) is 2.68. The molecule has 0 fully saturated rings. The normalized spacial score (nSPS) is 9.31. The highest BCUT2D eigenvalue weighted by Crippen LogP contribution is 2.02. The Morgan fingerprint density at radius 1 is 1.54 bits per heavy atom. The van der Waals surface area contributed by atoms with Crippen LogP contribution in [0.15, 0.2) is 12.3 Å². The topological polar surface area (TPSA) is 95.2 Å². The Labute approximate surface area is 77.7 Å². The molecule has 13 heavy (non-hydrogen) atoms. The molecule has 68 valence electrons. The SMILES string of the molecule is NC(=O)OC(=O)c1ccnc(Cl)n1. The van der Waals surface area contributed by atoms with Crippen molar-refractivity contribution >= 4 is 23.7 Å². The van der Waals surface area contributed by atoms with E-state index in [9.17, 15) is 9.59 Å². The zero-order valence-corrected chi connectivity index (χ0v) is 6.99. The van der Waals surface area contributed by atoms with Gasteiger partial charge in [0, 0.05) is 6.20 Å². The predicted molar refractivity (Wildman–Crippen MR) is 42.0 cm³/mol. The van der Waals surface area contributed by atoms with E-state index in [1.54, 1.807) is 0 Å². The number of nitrogens with two attached hydrogens (primary N) is 1. The minimum atomic E-state index is -1.19. The highest BCUT2D eigenvalue weighted by atomic mass is 35.5. The van der Waals surface area contributed by atoms with E-state index in [1.165, 1.54) is 12.3 Å². The van der Waals surface area contributed by atoms with E-state index in [4.69, 9.17) is 11.6 Å². The van der Waals surface area contributed by atoms with Gasteiger partial charge in [-0.15, -0.1) is 0 Å².